The number of benzene rings is 1. The SMILES string of the molecule is CC(CCC(=O)NN)Oc1ccc(C#N)cc1Cl. The molecule has 0 spiro atoms. The Hall–Kier alpha value is -1.77. The maximum Gasteiger partial charge on any atom is 0.234 e. The Morgan fingerprint density at radius 2 is 2.39 bits per heavy atom. The molecule has 0 aliphatic rings. The molecule has 0 heterocycles. The van der Waals surface area contributed by atoms with Gasteiger partial charge >= 0.3 is 0 Å². The summed E-state index contributed by atoms with van der Waals surface area (Å²) in [5, 5.41) is 9.08. The lowest BCUT2D eigenvalue weighted by Crippen LogP contribution is -2.30. The Balaban J connectivity index is 2.57. The molecule has 0 aliphatic carbocycles. The van der Waals surface area contributed by atoms with Crippen molar-refractivity contribution in [3.8, 4) is 11.8 Å². The average molecular weight is 268 g/mol. The van der Waals surface area contributed by atoms with Crippen LogP contribution in [0.15, 0.2) is 18.2 Å². The van der Waals surface area contributed by atoms with Gasteiger partial charge in [-0.1, -0.05) is 11.6 Å². The van der Waals surface area contributed by atoms with E-state index < -0.39 is 0 Å². The largest absolute Gasteiger partial charge is 0.489 e. The van der Waals surface area contributed by atoms with Gasteiger partial charge in [0, 0.05) is 6.42 Å². The number of hydrogen-bond acceptors (Lipinski definition) is 4. The maximum atomic E-state index is 11.0. The molecule has 1 unspecified atom stereocenters. The number of hydrazine groups is 1. The minimum atomic E-state index is -0.239. The van der Waals surface area contributed by atoms with E-state index in [9.17, 15) is 4.79 Å². The number of hydrogen-bond donors (Lipinski definition) is 2. The molecular formula is C12H14ClN3O2. The molecule has 1 aromatic rings. The second-order valence-electron chi connectivity index (χ2n) is 3.79. The molecule has 1 atom stereocenters. The lowest BCUT2D eigenvalue weighted by Gasteiger charge is -2.15. The first-order valence-corrected chi connectivity index (χ1v) is 5.80. The average Bonchev–Trinajstić information content (AvgIpc) is 2.38. The number of nitrogens with two attached hydrogens (primary N) is 1. The van der Waals surface area contributed by atoms with Crippen LogP contribution in [0.5, 0.6) is 5.75 Å². The summed E-state index contributed by atoms with van der Waals surface area (Å²) in [6.45, 7) is 1.83. The highest BCUT2D eigenvalue weighted by Gasteiger charge is 2.10. The van der Waals surface area contributed by atoms with Crippen LogP contribution in [0.4, 0.5) is 0 Å². The molecule has 1 rings (SSSR count). The molecule has 5 nitrogen and oxygen atoms in total. The quantitative estimate of drug-likeness (QED) is 0.483. The van der Waals surface area contributed by atoms with Crippen molar-refractivity contribution in [2.24, 2.45) is 5.84 Å². The minimum Gasteiger partial charge on any atom is -0.489 e. The number of nitriles is 1. The number of carbonyl (C=O) groups is 1. The first-order valence-electron chi connectivity index (χ1n) is 5.42. The predicted octanol–water partition coefficient (Wildman–Crippen LogP) is 1.75. The fourth-order valence-corrected chi connectivity index (χ4v) is 1.57. The standard InChI is InChI=1S/C12H14ClN3O2/c1-8(2-5-12(17)16-15)18-11-4-3-9(7-14)6-10(11)13/h3-4,6,8H,2,5,15H2,1H3,(H,16,17). The van der Waals surface area contributed by atoms with Crippen LogP contribution >= 0.6 is 11.6 Å². The third kappa shape index (κ3) is 4.24. The predicted molar refractivity (Wildman–Crippen MR) is 67.8 cm³/mol. The van der Waals surface area contributed by atoms with E-state index in [0.717, 1.165) is 0 Å². The molecule has 0 saturated carbocycles. The summed E-state index contributed by atoms with van der Waals surface area (Å²) in [4.78, 5) is 11.0. The number of carbonyl (C=O) groups excluding carboxylic acids is 1. The molecule has 18 heavy (non-hydrogen) atoms. The molecular weight excluding hydrogens is 254 g/mol. The summed E-state index contributed by atoms with van der Waals surface area (Å²) in [5.41, 5.74) is 2.53. The van der Waals surface area contributed by atoms with Crippen molar-refractivity contribution in [1.29, 1.82) is 5.26 Å². The molecule has 96 valence electrons. The van der Waals surface area contributed by atoms with Crippen molar-refractivity contribution < 1.29 is 9.53 Å². The van der Waals surface area contributed by atoms with Gasteiger partial charge in [-0.2, -0.15) is 5.26 Å². The maximum absolute atomic E-state index is 11.0. The van der Waals surface area contributed by atoms with E-state index in [1.807, 2.05) is 13.0 Å². The van der Waals surface area contributed by atoms with Crippen LogP contribution < -0.4 is 16.0 Å². The molecule has 0 aliphatic heterocycles. The smallest absolute Gasteiger partial charge is 0.234 e. The second kappa shape index (κ2) is 6.84. The van der Waals surface area contributed by atoms with Gasteiger partial charge in [-0.15, -0.1) is 0 Å². The van der Waals surface area contributed by atoms with Gasteiger partial charge in [0.2, 0.25) is 5.91 Å². The van der Waals surface area contributed by atoms with Crippen molar-refractivity contribution in [3.05, 3.63) is 28.8 Å². The summed E-state index contributed by atoms with van der Waals surface area (Å²) >= 11 is 5.97. The van der Waals surface area contributed by atoms with Gasteiger partial charge in [0.25, 0.3) is 0 Å². The Morgan fingerprint density at radius 3 is 2.94 bits per heavy atom. The lowest BCUT2D eigenvalue weighted by molar-refractivity contribution is -0.121. The monoisotopic (exact) mass is 267 g/mol. The van der Waals surface area contributed by atoms with Crippen molar-refractivity contribution >= 4 is 17.5 Å². The molecule has 1 amide bonds. The Morgan fingerprint density at radius 1 is 1.67 bits per heavy atom. The van der Waals surface area contributed by atoms with Crippen LogP contribution in [0, 0.1) is 11.3 Å². The number of ether oxygens (including phenoxy) is 1. The summed E-state index contributed by atoms with van der Waals surface area (Å²) in [5.74, 6) is 5.23. The second-order valence-corrected chi connectivity index (χ2v) is 4.20. The van der Waals surface area contributed by atoms with Gasteiger partial charge in [-0.25, -0.2) is 5.84 Å². The van der Waals surface area contributed by atoms with E-state index in [0.29, 0.717) is 22.8 Å². The summed E-state index contributed by atoms with van der Waals surface area (Å²) in [7, 11) is 0. The lowest BCUT2D eigenvalue weighted by atomic mass is 10.2. The van der Waals surface area contributed by atoms with Crippen molar-refractivity contribution in [1.82, 2.24) is 5.43 Å². The summed E-state index contributed by atoms with van der Waals surface area (Å²) in [6.07, 6.45) is 0.637. The zero-order valence-electron chi connectivity index (χ0n) is 9.94. The first-order chi connectivity index (χ1) is 8.56. The van der Waals surface area contributed by atoms with Gasteiger partial charge in [0.15, 0.2) is 0 Å². The van der Waals surface area contributed by atoms with Gasteiger partial charge in [0.1, 0.15) is 5.75 Å². The van der Waals surface area contributed by atoms with E-state index in [-0.39, 0.29) is 18.4 Å². The van der Waals surface area contributed by atoms with E-state index >= 15 is 0 Å². The zero-order valence-corrected chi connectivity index (χ0v) is 10.7. The van der Waals surface area contributed by atoms with E-state index in [1.54, 1.807) is 12.1 Å². The number of rotatable bonds is 5. The zero-order chi connectivity index (χ0) is 13.5. The Bertz CT molecular complexity index is 471. The molecule has 0 aromatic heterocycles. The molecule has 0 bridgehead atoms. The number of nitrogens with one attached hydrogen (secondary N) is 1. The highest BCUT2D eigenvalue weighted by atomic mass is 35.5. The van der Waals surface area contributed by atoms with Crippen LogP contribution in [0.2, 0.25) is 5.02 Å². The molecule has 6 heteroatoms. The third-order valence-corrected chi connectivity index (χ3v) is 2.62. The van der Waals surface area contributed by atoms with Crippen LogP contribution in [0.25, 0.3) is 0 Å². The van der Waals surface area contributed by atoms with Gasteiger partial charge < -0.3 is 4.74 Å². The normalized spacial score (nSPS) is 11.4. The Kier molecular flexibility index (Phi) is 5.43. The van der Waals surface area contributed by atoms with Crippen molar-refractivity contribution in [3.63, 3.8) is 0 Å². The van der Waals surface area contributed by atoms with Crippen LogP contribution in [-0.2, 0) is 4.79 Å². The highest BCUT2D eigenvalue weighted by Crippen LogP contribution is 2.26. The highest BCUT2D eigenvalue weighted by molar-refractivity contribution is 6.32. The van der Waals surface area contributed by atoms with Gasteiger partial charge in [0.05, 0.1) is 22.8 Å². The van der Waals surface area contributed by atoms with Crippen molar-refractivity contribution in [2.45, 2.75) is 25.9 Å². The topological polar surface area (TPSA) is 88.1 Å². The number of halogens is 1. The fraction of sp³-hybridized carbons (Fsp3) is 0.333. The molecule has 1 aromatic carbocycles. The summed E-state index contributed by atoms with van der Waals surface area (Å²) in [6, 6.07) is 6.79. The fourth-order valence-electron chi connectivity index (χ4n) is 1.35. The summed E-state index contributed by atoms with van der Waals surface area (Å²) < 4.78 is 5.58. The van der Waals surface area contributed by atoms with Crippen LogP contribution in [0.3, 0.4) is 0 Å². The minimum absolute atomic E-state index is 0.173. The van der Waals surface area contributed by atoms with Crippen LogP contribution in [-0.4, -0.2) is 12.0 Å². The molecule has 3 N–H and O–H groups in total. The molecule has 0 radical (unpaired) electrons. The van der Waals surface area contributed by atoms with Crippen LogP contribution in [0.1, 0.15) is 25.3 Å². The van der Waals surface area contributed by atoms with E-state index in [2.05, 4.69) is 5.43 Å². The molecule has 0 saturated heterocycles. The third-order valence-electron chi connectivity index (χ3n) is 2.33. The van der Waals surface area contributed by atoms with E-state index in [4.69, 9.17) is 27.4 Å². The van der Waals surface area contributed by atoms with Gasteiger partial charge in [-0.3, -0.25) is 10.2 Å². The van der Waals surface area contributed by atoms with Gasteiger partial charge in [-0.05, 0) is 31.5 Å². The van der Waals surface area contributed by atoms with E-state index in [1.165, 1.54) is 6.07 Å². The molecule has 0 fully saturated rings. The number of amides is 1. The Labute approximate surface area is 110 Å². The first kappa shape index (κ1) is 14.3. The number of nitrogens with zero attached hydrogens (tertiary/aromatic N) is 1. The van der Waals surface area contributed by atoms with Crippen molar-refractivity contribution in [2.75, 3.05) is 0 Å².